The van der Waals surface area contributed by atoms with Gasteiger partial charge in [-0.25, -0.2) is 19.9 Å². The van der Waals surface area contributed by atoms with Gasteiger partial charge in [-0.1, -0.05) is 127 Å². The summed E-state index contributed by atoms with van der Waals surface area (Å²) in [6.45, 7) is 0. The lowest BCUT2D eigenvalue weighted by Gasteiger charge is -2.11. The molecule has 0 aliphatic carbocycles. The first kappa shape index (κ1) is 30.6. The predicted molar refractivity (Wildman–Crippen MR) is 222 cm³/mol. The third-order valence-corrected chi connectivity index (χ3v) is 11.3. The summed E-state index contributed by atoms with van der Waals surface area (Å²) in [6, 6.07) is 58.8. The van der Waals surface area contributed by atoms with Gasteiger partial charge in [0.05, 0.1) is 0 Å². The molecule has 5 nitrogen and oxygen atoms in total. The van der Waals surface area contributed by atoms with Gasteiger partial charge in [0.25, 0.3) is 0 Å². The van der Waals surface area contributed by atoms with Gasteiger partial charge in [-0.15, -0.1) is 11.3 Å². The second kappa shape index (κ2) is 12.3. The lowest BCUT2D eigenvalue weighted by Crippen LogP contribution is -2.00. The van der Waals surface area contributed by atoms with Crippen molar-refractivity contribution in [2.45, 2.75) is 0 Å². The molecular weight excluding hydrogens is 681 g/mol. The summed E-state index contributed by atoms with van der Waals surface area (Å²) in [5.41, 5.74) is 7.68. The Labute approximate surface area is 313 Å². The van der Waals surface area contributed by atoms with Gasteiger partial charge in [-0.05, 0) is 75.1 Å². The van der Waals surface area contributed by atoms with Gasteiger partial charge in [0.1, 0.15) is 5.52 Å². The summed E-state index contributed by atoms with van der Waals surface area (Å²) in [6.07, 6.45) is 0. The fraction of sp³-hybridized carbons (Fsp3) is 0. The first-order valence-electron chi connectivity index (χ1n) is 17.9. The van der Waals surface area contributed by atoms with Crippen LogP contribution in [-0.4, -0.2) is 19.9 Å². The van der Waals surface area contributed by atoms with Crippen molar-refractivity contribution >= 4 is 64.2 Å². The highest BCUT2D eigenvalue weighted by molar-refractivity contribution is 7.26. The van der Waals surface area contributed by atoms with Crippen LogP contribution in [0.1, 0.15) is 0 Å². The summed E-state index contributed by atoms with van der Waals surface area (Å²) in [4.78, 5) is 20.3. The maximum atomic E-state index is 6.56. The van der Waals surface area contributed by atoms with Crippen molar-refractivity contribution in [2.24, 2.45) is 0 Å². The third-order valence-electron chi connectivity index (χ3n) is 10.1. The second-order valence-electron chi connectivity index (χ2n) is 13.5. The van der Waals surface area contributed by atoms with Gasteiger partial charge in [-0.3, -0.25) is 0 Å². The maximum Gasteiger partial charge on any atom is 0.227 e. The minimum absolute atomic E-state index is 0.616. The van der Waals surface area contributed by atoms with Crippen LogP contribution >= 0.6 is 11.3 Å². The van der Waals surface area contributed by atoms with E-state index in [0.29, 0.717) is 23.4 Å². The Morgan fingerprint density at radius 1 is 0.370 bits per heavy atom. The molecule has 6 heteroatoms. The van der Waals surface area contributed by atoms with Crippen LogP contribution in [0.4, 0.5) is 0 Å². The van der Waals surface area contributed by atoms with E-state index in [1.165, 1.54) is 15.6 Å². The lowest BCUT2D eigenvalue weighted by molar-refractivity contribution is 0.623. The number of rotatable bonds is 5. The Balaban J connectivity index is 1.11. The number of nitrogens with zero attached hydrogens (tertiary/aromatic N) is 4. The van der Waals surface area contributed by atoms with Crippen molar-refractivity contribution in [1.82, 2.24) is 19.9 Å². The molecule has 11 aromatic rings. The van der Waals surface area contributed by atoms with Crippen molar-refractivity contribution < 1.29 is 4.42 Å². The highest BCUT2D eigenvalue weighted by atomic mass is 32.1. The number of hydrogen-bond acceptors (Lipinski definition) is 6. The van der Waals surface area contributed by atoms with Gasteiger partial charge >= 0.3 is 0 Å². The van der Waals surface area contributed by atoms with Crippen molar-refractivity contribution in [2.75, 3.05) is 0 Å². The summed E-state index contributed by atoms with van der Waals surface area (Å²) in [5, 5.41) is 6.78. The zero-order chi connectivity index (χ0) is 35.6. The number of benzene rings is 8. The molecule has 0 aliphatic heterocycles. The van der Waals surface area contributed by atoms with Gasteiger partial charge in [0.2, 0.25) is 5.89 Å². The van der Waals surface area contributed by atoms with Crippen LogP contribution in [0.25, 0.3) is 110 Å². The van der Waals surface area contributed by atoms with E-state index >= 15 is 0 Å². The monoisotopic (exact) mass is 708 g/mol. The maximum absolute atomic E-state index is 6.56. The number of oxazole rings is 1. The first-order chi connectivity index (χ1) is 26.7. The minimum atomic E-state index is 0.616. The fourth-order valence-corrected chi connectivity index (χ4v) is 8.55. The standard InChI is InChI=1S/C48H28N4OS/c1-3-9-29(10-4-1)31-15-19-33(20-16-31)45-50-46(36-21-17-30-11-7-8-14-35(30)27-36)52-47(51-45)37-22-18-32-23-25-40-42(38(32)28-37)43-41(54-40)26-24-39-44(43)53-48(49-39)34-12-5-2-6-13-34/h1-28H. The Bertz CT molecular complexity index is 3210. The number of fused-ring (bicyclic) bond motifs is 8. The van der Waals surface area contributed by atoms with Crippen LogP contribution in [0.3, 0.4) is 0 Å². The quantitative estimate of drug-likeness (QED) is 0.178. The molecule has 0 amide bonds. The van der Waals surface area contributed by atoms with Crippen LogP contribution in [0.2, 0.25) is 0 Å². The van der Waals surface area contributed by atoms with Crippen molar-refractivity contribution in [3.8, 4) is 56.7 Å². The first-order valence-corrected chi connectivity index (χ1v) is 18.7. The fourth-order valence-electron chi connectivity index (χ4n) is 7.43. The van der Waals surface area contributed by atoms with Crippen LogP contribution < -0.4 is 0 Å². The molecule has 3 aromatic heterocycles. The molecule has 0 fully saturated rings. The molecule has 54 heavy (non-hydrogen) atoms. The molecule has 0 radical (unpaired) electrons. The van der Waals surface area contributed by atoms with E-state index in [2.05, 4.69) is 133 Å². The SMILES string of the molecule is c1ccc(-c2ccc(-c3nc(-c4ccc5ccccc5c4)nc(-c4ccc5ccc6sc7ccc8nc(-c9ccccc9)oc8c7c6c5c4)n3)cc2)cc1. The Hall–Kier alpha value is -7.02. The molecule has 0 atom stereocenters. The van der Waals surface area contributed by atoms with Crippen molar-refractivity contribution in [1.29, 1.82) is 0 Å². The van der Waals surface area contributed by atoms with Gasteiger partial charge in [-0.2, -0.15) is 0 Å². The largest absolute Gasteiger partial charge is 0.435 e. The van der Waals surface area contributed by atoms with E-state index in [-0.39, 0.29) is 0 Å². The number of thiophene rings is 1. The topological polar surface area (TPSA) is 64.7 Å². The predicted octanol–water partition coefficient (Wildman–Crippen LogP) is 13.0. The van der Waals surface area contributed by atoms with Crippen molar-refractivity contribution in [3.63, 3.8) is 0 Å². The van der Waals surface area contributed by atoms with Gasteiger partial charge < -0.3 is 4.42 Å². The van der Waals surface area contributed by atoms with Crippen LogP contribution in [0.5, 0.6) is 0 Å². The number of aromatic nitrogens is 4. The highest BCUT2D eigenvalue weighted by Gasteiger charge is 2.19. The molecule has 0 spiro atoms. The summed E-state index contributed by atoms with van der Waals surface area (Å²) >= 11 is 1.77. The summed E-state index contributed by atoms with van der Waals surface area (Å²) < 4.78 is 8.90. The molecule has 0 bridgehead atoms. The smallest absolute Gasteiger partial charge is 0.227 e. The van der Waals surface area contributed by atoms with E-state index in [0.717, 1.165) is 70.5 Å². The van der Waals surface area contributed by atoms with E-state index < -0.39 is 0 Å². The molecule has 252 valence electrons. The Morgan fingerprint density at radius 3 is 1.67 bits per heavy atom. The van der Waals surface area contributed by atoms with E-state index in [1.54, 1.807) is 11.3 Å². The van der Waals surface area contributed by atoms with E-state index in [1.807, 2.05) is 36.4 Å². The van der Waals surface area contributed by atoms with Crippen LogP contribution in [0, 0.1) is 0 Å². The molecule has 0 N–H and O–H groups in total. The lowest BCUT2D eigenvalue weighted by atomic mass is 10.0. The Kier molecular flexibility index (Phi) is 6.97. The molecule has 0 saturated carbocycles. The van der Waals surface area contributed by atoms with Crippen molar-refractivity contribution in [3.05, 3.63) is 170 Å². The third kappa shape index (κ3) is 5.15. The number of hydrogen-bond donors (Lipinski definition) is 0. The normalized spacial score (nSPS) is 11.7. The zero-order valence-corrected chi connectivity index (χ0v) is 29.6. The zero-order valence-electron chi connectivity index (χ0n) is 28.8. The van der Waals surface area contributed by atoms with Gasteiger partial charge in [0.15, 0.2) is 23.1 Å². The highest BCUT2D eigenvalue weighted by Crippen LogP contribution is 2.43. The second-order valence-corrected chi connectivity index (χ2v) is 14.5. The average Bonchev–Trinajstić information content (AvgIpc) is 3.86. The minimum Gasteiger partial charge on any atom is -0.435 e. The van der Waals surface area contributed by atoms with Gasteiger partial charge in [0, 0.05) is 42.4 Å². The molecule has 0 aliphatic rings. The molecule has 0 unspecified atom stereocenters. The molecular formula is C48H28N4OS. The van der Waals surface area contributed by atoms with Crippen LogP contribution in [0.15, 0.2) is 174 Å². The molecule has 8 aromatic carbocycles. The van der Waals surface area contributed by atoms with E-state index in [4.69, 9.17) is 24.4 Å². The average molecular weight is 709 g/mol. The molecule has 3 heterocycles. The van der Waals surface area contributed by atoms with Crippen LogP contribution in [-0.2, 0) is 0 Å². The summed E-state index contributed by atoms with van der Waals surface area (Å²) in [5.74, 6) is 2.49. The Morgan fingerprint density at radius 2 is 0.907 bits per heavy atom. The molecule has 0 saturated heterocycles. The van der Waals surface area contributed by atoms with E-state index in [9.17, 15) is 0 Å². The molecule has 11 rings (SSSR count). The summed E-state index contributed by atoms with van der Waals surface area (Å²) in [7, 11) is 0.